The van der Waals surface area contributed by atoms with E-state index in [1.54, 1.807) is 12.1 Å². The number of hydrogen-bond donors (Lipinski definition) is 2. The highest BCUT2D eigenvalue weighted by atomic mass is 32.2. The minimum absolute atomic E-state index is 0.0766. The van der Waals surface area contributed by atoms with Crippen LogP contribution in [0.3, 0.4) is 0 Å². The zero-order valence-corrected chi connectivity index (χ0v) is 8.66. The molecule has 0 fully saturated rings. The van der Waals surface area contributed by atoms with Crippen LogP contribution in [0.25, 0.3) is 0 Å². The summed E-state index contributed by atoms with van der Waals surface area (Å²) in [4.78, 5) is 0.197. The van der Waals surface area contributed by atoms with Crippen molar-refractivity contribution in [1.82, 2.24) is 0 Å². The van der Waals surface area contributed by atoms with E-state index in [2.05, 4.69) is 0 Å². The second-order valence-corrected chi connectivity index (χ2v) is 5.11. The van der Waals surface area contributed by atoms with Crippen molar-refractivity contribution >= 4 is 9.84 Å². The fourth-order valence-electron chi connectivity index (χ4n) is 1.09. The average Bonchev–Trinajstić information content (AvgIpc) is 2.15. The van der Waals surface area contributed by atoms with Gasteiger partial charge >= 0.3 is 0 Å². The van der Waals surface area contributed by atoms with Gasteiger partial charge in [0.05, 0.1) is 11.0 Å². The molecule has 0 saturated carbocycles. The van der Waals surface area contributed by atoms with E-state index >= 15 is 0 Å². The Morgan fingerprint density at radius 2 is 2.14 bits per heavy atom. The Labute approximate surface area is 83.3 Å². The number of rotatable bonds is 3. The van der Waals surface area contributed by atoms with Crippen molar-refractivity contribution in [3.05, 3.63) is 29.8 Å². The number of hydrogen-bond acceptors (Lipinski definition) is 4. The van der Waals surface area contributed by atoms with E-state index in [0.717, 1.165) is 6.26 Å². The van der Waals surface area contributed by atoms with Crippen LogP contribution in [0.4, 0.5) is 0 Å². The van der Waals surface area contributed by atoms with Crippen molar-refractivity contribution in [2.75, 3.05) is 12.8 Å². The molecule has 0 aliphatic heterocycles. The predicted octanol–water partition coefficient (Wildman–Crippen LogP) is 0.0822. The molecular weight excluding hydrogens is 202 g/mol. The van der Waals surface area contributed by atoms with Crippen molar-refractivity contribution < 1.29 is 13.5 Å². The van der Waals surface area contributed by atoms with E-state index in [1.165, 1.54) is 12.1 Å². The zero-order valence-electron chi connectivity index (χ0n) is 7.84. The first kappa shape index (κ1) is 11.2. The molecule has 0 amide bonds. The summed E-state index contributed by atoms with van der Waals surface area (Å²) in [5, 5.41) is 9.40. The van der Waals surface area contributed by atoms with Gasteiger partial charge in [0.25, 0.3) is 0 Å². The third-order valence-corrected chi connectivity index (χ3v) is 3.00. The molecule has 4 nitrogen and oxygen atoms in total. The quantitative estimate of drug-likeness (QED) is 0.748. The van der Waals surface area contributed by atoms with Crippen molar-refractivity contribution in [1.29, 1.82) is 0 Å². The first-order valence-corrected chi connectivity index (χ1v) is 6.02. The maximum absolute atomic E-state index is 11.2. The van der Waals surface area contributed by atoms with Crippen LogP contribution in [-0.4, -0.2) is 26.3 Å². The molecule has 0 heterocycles. The van der Waals surface area contributed by atoms with E-state index < -0.39 is 15.9 Å². The highest BCUT2D eigenvalue weighted by Crippen LogP contribution is 2.16. The molecule has 1 atom stereocenters. The van der Waals surface area contributed by atoms with Crippen LogP contribution < -0.4 is 5.73 Å². The number of benzene rings is 1. The molecule has 1 aromatic carbocycles. The molecule has 0 saturated heterocycles. The van der Waals surface area contributed by atoms with Crippen molar-refractivity contribution in [2.45, 2.75) is 11.0 Å². The average molecular weight is 215 g/mol. The molecule has 0 spiro atoms. The van der Waals surface area contributed by atoms with Gasteiger partial charge in [0.2, 0.25) is 0 Å². The third kappa shape index (κ3) is 2.54. The van der Waals surface area contributed by atoms with Crippen LogP contribution in [0, 0.1) is 0 Å². The molecule has 0 unspecified atom stereocenters. The topological polar surface area (TPSA) is 80.4 Å². The van der Waals surface area contributed by atoms with Crippen LogP contribution in [0.2, 0.25) is 0 Å². The molecule has 14 heavy (non-hydrogen) atoms. The lowest BCUT2D eigenvalue weighted by atomic mass is 10.1. The Kier molecular flexibility index (Phi) is 3.25. The SMILES string of the molecule is CS(=O)(=O)c1cccc([C@@H](O)CN)c1. The molecular formula is C9H13NO3S. The number of aliphatic hydroxyl groups excluding tert-OH is 1. The van der Waals surface area contributed by atoms with E-state index in [1.807, 2.05) is 0 Å². The second kappa shape index (κ2) is 4.08. The van der Waals surface area contributed by atoms with E-state index in [0.29, 0.717) is 5.56 Å². The molecule has 0 aliphatic rings. The van der Waals surface area contributed by atoms with E-state index in [9.17, 15) is 13.5 Å². The van der Waals surface area contributed by atoms with Crippen molar-refractivity contribution in [3.8, 4) is 0 Å². The lowest BCUT2D eigenvalue weighted by Gasteiger charge is -2.08. The molecule has 0 aromatic heterocycles. The smallest absolute Gasteiger partial charge is 0.175 e. The van der Waals surface area contributed by atoms with Gasteiger partial charge in [-0.25, -0.2) is 8.42 Å². The molecule has 3 N–H and O–H groups in total. The van der Waals surface area contributed by atoms with Gasteiger partial charge in [-0.1, -0.05) is 12.1 Å². The van der Waals surface area contributed by atoms with Gasteiger partial charge in [0, 0.05) is 12.8 Å². The van der Waals surface area contributed by atoms with Crippen LogP contribution in [0.15, 0.2) is 29.2 Å². The highest BCUT2D eigenvalue weighted by molar-refractivity contribution is 7.90. The fourth-order valence-corrected chi connectivity index (χ4v) is 1.76. The summed E-state index contributed by atoms with van der Waals surface area (Å²) in [5.41, 5.74) is 5.79. The summed E-state index contributed by atoms with van der Waals surface area (Å²) in [5.74, 6) is 0. The molecule has 1 rings (SSSR count). The maximum Gasteiger partial charge on any atom is 0.175 e. The van der Waals surface area contributed by atoms with Gasteiger partial charge in [0.15, 0.2) is 9.84 Å². The number of aliphatic hydroxyl groups is 1. The number of nitrogens with two attached hydrogens (primary N) is 1. The van der Waals surface area contributed by atoms with Gasteiger partial charge in [-0.2, -0.15) is 0 Å². The third-order valence-electron chi connectivity index (χ3n) is 1.89. The fraction of sp³-hybridized carbons (Fsp3) is 0.333. The Bertz CT molecular complexity index is 414. The second-order valence-electron chi connectivity index (χ2n) is 3.10. The van der Waals surface area contributed by atoms with E-state index in [4.69, 9.17) is 5.73 Å². The van der Waals surface area contributed by atoms with Gasteiger partial charge in [-0.05, 0) is 17.7 Å². The summed E-state index contributed by atoms with van der Waals surface area (Å²) in [6.45, 7) is 0.0766. The van der Waals surface area contributed by atoms with E-state index in [-0.39, 0.29) is 11.4 Å². The molecule has 0 aliphatic carbocycles. The minimum Gasteiger partial charge on any atom is -0.387 e. The molecule has 1 aromatic rings. The zero-order chi connectivity index (χ0) is 10.8. The minimum atomic E-state index is -3.22. The Hall–Kier alpha value is -0.910. The maximum atomic E-state index is 11.2. The van der Waals surface area contributed by atoms with Crippen LogP contribution in [-0.2, 0) is 9.84 Å². The lowest BCUT2D eigenvalue weighted by molar-refractivity contribution is 0.186. The van der Waals surface area contributed by atoms with Crippen molar-refractivity contribution in [3.63, 3.8) is 0 Å². The molecule has 0 radical (unpaired) electrons. The summed E-state index contributed by atoms with van der Waals surface area (Å²) < 4.78 is 22.4. The largest absolute Gasteiger partial charge is 0.387 e. The van der Waals surface area contributed by atoms with Gasteiger partial charge in [-0.3, -0.25) is 0 Å². The Morgan fingerprint density at radius 1 is 1.50 bits per heavy atom. The van der Waals surface area contributed by atoms with Crippen LogP contribution in [0.5, 0.6) is 0 Å². The summed E-state index contributed by atoms with van der Waals surface area (Å²) >= 11 is 0. The van der Waals surface area contributed by atoms with Gasteiger partial charge < -0.3 is 10.8 Å². The summed E-state index contributed by atoms with van der Waals surface area (Å²) in [6, 6.07) is 6.16. The monoisotopic (exact) mass is 215 g/mol. The molecule has 78 valence electrons. The highest BCUT2D eigenvalue weighted by Gasteiger charge is 2.10. The standard InChI is InChI=1S/C9H13NO3S/c1-14(12,13)8-4-2-3-7(5-8)9(11)6-10/h2-5,9,11H,6,10H2,1H3/t9-/m0/s1. The van der Waals surface area contributed by atoms with Gasteiger partial charge in [-0.15, -0.1) is 0 Å². The first-order valence-electron chi connectivity index (χ1n) is 4.13. The molecule has 5 heteroatoms. The Morgan fingerprint density at radius 3 is 2.64 bits per heavy atom. The first-order chi connectivity index (χ1) is 6.45. The Balaban J connectivity index is 3.14. The lowest BCUT2D eigenvalue weighted by Crippen LogP contribution is -2.12. The van der Waals surface area contributed by atoms with Gasteiger partial charge in [0.1, 0.15) is 0 Å². The van der Waals surface area contributed by atoms with Crippen LogP contribution >= 0.6 is 0 Å². The van der Waals surface area contributed by atoms with Crippen molar-refractivity contribution in [2.24, 2.45) is 5.73 Å². The summed E-state index contributed by atoms with van der Waals surface area (Å²) in [6.07, 6.45) is 0.317. The predicted molar refractivity (Wildman–Crippen MR) is 53.6 cm³/mol. The van der Waals surface area contributed by atoms with Crippen LogP contribution in [0.1, 0.15) is 11.7 Å². The summed E-state index contributed by atoms with van der Waals surface area (Å²) in [7, 11) is -3.22. The molecule has 0 bridgehead atoms. The number of sulfone groups is 1. The normalized spacial score (nSPS) is 13.9.